The van der Waals surface area contributed by atoms with Crippen molar-refractivity contribution in [3.8, 4) is 0 Å². The van der Waals surface area contributed by atoms with E-state index in [0.29, 0.717) is 0 Å². The third kappa shape index (κ3) is 2.46. The highest BCUT2D eigenvalue weighted by atomic mass is 15.2. The van der Waals surface area contributed by atoms with E-state index in [1.807, 2.05) is 0 Å². The van der Waals surface area contributed by atoms with Crippen LogP contribution in [0, 0.1) is 0 Å². The first-order valence-electron chi connectivity index (χ1n) is 5.21. The van der Waals surface area contributed by atoms with Crippen LogP contribution >= 0.6 is 0 Å². The highest BCUT2D eigenvalue weighted by Gasteiger charge is 2.24. The van der Waals surface area contributed by atoms with Gasteiger partial charge in [-0.15, -0.1) is 0 Å². The van der Waals surface area contributed by atoms with Crippen molar-refractivity contribution < 1.29 is 0 Å². The van der Waals surface area contributed by atoms with Gasteiger partial charge in [0.2, 0.25) is 0 Å². The SMILES string of the molecule is CCC(N)(CC)CN1CCCC1. The molecule has 0 aromatic carbocycles. The minimum atomic E-state index is 0.0738. The van der Waals surface area contributed by atoms with Gasteiger partial charge in [-0.2, -0.15) is 0 Å². The van der Waals surface area contributed by atoms with Crippen molar-refractivity contribution in [2.75, 3.05) is 19.6 Å². The summed E-state index contributed by atoms with van der Waals surface area (Å²) >= 11 is 0. The van der Waals surface area contributed by atoms with Crippen LogP contribution in [0.25, 0.3) is 0 Å². The lowest BCUT2D eigenvalue weighted by molar-refractivity contribution is 0.234. The zero-order valence-corrected chi connectivity index (χ0v) is 8.47. The fraction of sp³-hybridized carbons (Fsp3) is 1.00. The molecule has 1 heterocycles. The molecule has 0 bridgehead atoms. The van der Waals surface area contributed by atoms with Gasteiger partial charge in [0.05, 0.1) is 0 Å². The molecule has 1 aliphatic rings. The summed E-state index contributed by atoms with van der Waals surface area (Å²) in [6, 6.07) is 0. The average molecular weight is 170 g/mol. The van der Waals surface area contributed by atoms with Gasteiger partial charge in [0, 0.05) is 12.1 Å². The van der Waals surface area contributed by atoms with E-state index in [1.165, 1.54) is 25.9 Å². The predicted octanol–water partition coefficient (Wildman–Crippen LogP) is 1.60. The highest BCUT2D eigenvalue weighted by molar-refractivity contribution is 4.86. The molecular weight excluding hydrogens is 148 g/mol. The fourth-order valence-corrected chi connectivity index (χ4v) is 1.86. The Bertz CT molecular complexity index is 124. The Kier molecular flexibility index (Phi) is 3.53. The van der Waals surface area contributed by atoms with Gasteiger partial charge < -0.3 is 10.6 Å². The average Bonchev–Trinajstić information content (AvgIpc) is 2.57. The van der Waals surface area contributed by atoms with Crippen LogP contribution in [0.2, 0.25) is 0 Å². The van der Waals surface area contributed by atoms with Crippen LogP contribution < -0.4 is 5.73 Å². The minimum absolute atomic E-state index is 0.0738. The Labute approximate surface area is 76.1 Å². The monoisotopic (exact) mass is 170 g/mol. The Morgan fingerprint density at radius 2 is 1.67 bits per heavy atom. The van der Waals surface area contributed by atoms with Crippen molar-refractivity contribution in [2.24, 2.45) is 5.73 Å². The van der Waals surface area contributed by atoms with Crippen LogP contribution in [0.15, 0.2) is 0 Å². The molecule has 2 N–H and O–H groups in total. The van der Waals surface area contributed by atoms with Crippen molar-refractivity contribution in [1.82, 2.24) is 4.90 Å². The summed E-state index contributed by atoms with van der Waals surface area (Å²) in [7, 11) is 0. The van der Waals surface area contributed by atoms with E-state index in [2.05, 4.69) is 18.7 Å². The Morgan fingerprint density at radius 1 is 1.17 bits per heavy atom. The van der Waals surface area contributed by atoms with Gasteiger partial charge in [-0.3, -0.25) is 0 Å². The van der Waals surface area contributed by atoms with Crippen LogP contribution in [-0.4, -0.2) is 30.1 Å². The highest BCUT2D eigenvalue weighted by Crippen LogP contribution is 2.16. The number of hydrogen-bond donors (Lipinski definition) is 1. The summed E-state index contributed by atoms with van der Waals surface area (Å²) in [4.78, 5) is 2.51. The molecule has 0 atom stereocenters. The molecule has 0 spiro atoms. The number of nitrogens with two attached hydrogens (primary N) is 1. The number of rotatable bonds is 4. The molecule has 0 amide bonds. The Morgan fingerprint density at radius 3 is 2.08 bits per heavy atom. The topological polar surface area (TPSA) is 29.3 Å². The first kappa shape index (κ1) is 10.0. The summed E-state index contributed by atoms with van der Waals surface area (Å²) in [5.74, 6) is 0. The first-order chi connectivity index (χ1) is 5.70. The molecule has 1 saturated heterocycles. The second-order valence-corrected chi connectivity index (χ2v) is 4.05. The maximum atomic E-state index is 6.23. The van der Waals surface area contributed by atoms with E-state index in [0.717, 1.165) is 19.4 Å². The standard InChI is InChI=1S/C10H22N2/c1-3-10(11,4-2)9-12-7-5-6-8-12/h3-9,11H2,1-2H3. The van der Waals surface area contributed by atoms with Gasteiger partial charge in [0.1, 0.15) is 0 Å². The van der Waals surface area contributed by atoms with Crippen molar-refractivity contribution in [2.45, 2.75) is 45.1 Å². The molecular formula is C10H22N2. The third-order valence-electron chi connectivity index (χ3n) is 3.15. The van der Waals surface area contributed by atoms with Crippen molar-refractivity contribution in [3.05, 3.63) is 0 Å². The first-order valence-corrected chi connectivity index (χ1v) is 5.21. The van der Waals surface area contributed by atoms with E-state index in [9.17, 15) is 0 Å². The molecule has 0 aromatic rings. The van der Waals surface area contributed by atoms with Crippen molar-refractivity contribution in [3.63, 3.8) is 0 Å². The lowest BCUT2D eigenvalue weighted by atomic mass is 9.94. The van der Waals surface area contributed by atoms with Crippen LogP contribution in [0.5, 0.6) is 0 Å². The molecule has 0 aromatic heterocycles. The zero-order chi connectivity index (χ0) is 9.03. The molecule has 72 valence electrons. The maximum Gasteiger partial charge on any atom is 0.0278 e. The van der Waals surface area contributed by atoms with Crippen molar-refractivity contribution in [1.29, 1.82) is 0 Å². The van der Waals surface area contributed by atoms with Gasteiger partial charge in [-0.05, 0) is 38.8 Å². The van der Waals surface area contributed by atoms with Crippen molar-refractivity contribution >= 4 is 0 Å². The fourth-order valence-electron chi connectivity index (χ4n) is 1.86. The van der Waals surface area contributed by atoms with Crippen LogP contribution in [0.1, 0.15) is 39.5 Å². The van der Waals surface area contributed by atoms with Crippen LogP contribution in [0.4, 0.5) is 0 Å². The summed E-state index contributed by atoms with van der Waals surface area (Å²) < 4.78 is 0. The van der Waals surface area contributed by atoms with Gasteiger partial charge in [0.25, 0.3) is 0 Å². The lowest BCUT2D eigenvalue weighted by Crippen LogP contribution is -2.48. The van der Waals surface area contributed by atoms with E-state index >= 15 is 0 Å². The third-order valence-corrected chi connectivity index (χ3v) is 3.15. The van der Waals surface area contributed by atoms with E-state index in [-0.39, 0.29) is 5.54 Å². The van der Waals surface area contributed by atoms with E-state index < -0.39 is 0 Å². The molecule has 0 saturated carbocycles. The number of likely N-dealkylation sites (tertiary alicyclic amines) is 1. The second-order valence-electron chi connectivity index (χ2n) is 4.05. The quantitative estimate of drug-likeness (QED) is 0.694. The van der Waals surface area contributed by atoms with Gasteiger partial charge in [0.15, 0.2) is 0 Å². The molecule has 0 radical (unpaired) electrons. The zero-order valence-electron chi connectivity index (χ0n) is 8.47. The van der Waals surface area contributed by atoms with Crippen LogP contribution in [0.3, 0.4) is 0 Å². The second kappa shape index (κ2) is 4.24. The predicted molar refractivity (Wildman–Crippen MR) is 53.2 cm³/mol. The van der Waals surface area contributed by atoms with Crippen LogP contribution in [-0.2, 0) is 0 Å². The molecule has 1 aliphatic heterocycles. The molecule has 1 fully saturated rings. The van der Waals surface area contributed by atoms with Gasteiger partial charge >= 0.3 is 0 Å². The summed E-state index contributed by atoms with van der Waals surface area (Å²) in [6.45, 7) is 8.01. The molecule has 2 heteroatoms. The molecule has 0 unspecified atom stereocenters. The largest absolute Gasteiger partial charge is 0.324 e. The molecule has 12 heavy (non-hydrogen) atoms. The van der Waals surface area contributed by atoms with E-state index in [4.69, 9.17) is 5.73 Å². The maximum absolute atomic E-state index is 6.23. The summed E-state index contributed by atoms with van der Waals surface area (Å²) in [5, 5.41) is 0. The Balaban J connectivity index is 2.35. The molecule has 2 nitrogen and oxygen atoms in total. The normalized spacial score (nSPS) is 20.2. The minimum Gasteiger partial charge on any atom is -0.324 e. The molecule has 0 aliphatic carbocycles. The van der Waals surface area contributed by atoms with E-state index in [1.54, 1.807) is 0 Å². The van der Waals surface area contributed by atoms with Gasteiger partial charge in [-0.1, -0.05) is 13.8 Å². The lowest BCUT2D eigenvalue weighted by Gasteiger charge is -2.31. The summed E-state index contributed by atoms with van der Waals surface area (Å²) in [6.07, 6.45) is 4.92. The molecule has 1 rings (SSSR count). The van der Waals surface area contributed by atoms with Gasteiger partial charge in [-0.25, -0.2) is 0 Å². The Hall–Kier alpha value is -0.0800. The smallest absolute Gasteiger partial charge is 0.0278 e. The summed E-state index contributed by atoms with van der Waals surface area (Å²) in [5.41, 5.74) is 6.31. The number of nitrogens with zero attached hydrogens (tertiary/aromatic N) is 1. The number of hydrogen-bond acceptors (Lipinski definition) is 2.